The number of hydrogen-bond acceptors (Lipinski definition) is 5. The molecule has 1 aliphatic rings. The van der Waals surface area contributed by atoms with Crippen molar-refractivity contribution in [1.82, 2.24) is 15.2 Å². The molecule has 0 spiro atoms. The highest BCUT2D eigenvalue weighted by molar-refractivity contribution is 7.17. The Morgan fingerprint density at radius 3 is 2.55 bits per heavy atom. The van der Waals surface area contributed by atoms with Gasteiger partial charge in [0.25, 0.3) is 5.91 Å². The molecule has 3 amide bonds. The third-order valence-corrected chi connectivity index (χ3v) is 8.35. The van der Waals surface area contributed by atoms with E-state index in [2.05, 4.69) is 16.0 Å². The standard InChI is InChI=1S/C30H38N4O5S/c1-20-6-5-7-23(16-20)33-27(35)19-34-24-13-15-40-26(24)17-25(34)30(39)32-18-21-9-11-22(12-10-21)29(38)31-14-4-2-3-8-28(36)37/h5-7,13,15-17,21-22H,2-4,8-12,14,18-19H2,1H3,(H,31,38)(H,32,39)(H,33,35)(H,36,37). The number of aryl methyl sites for hydroxylation is 1. The number of carboxylic acid groups (broad SMARTS) is 1. The van der Waals surface area contributed by atoms with Crippen molar-refractivity contribution in [1.29, 1.82) is 0 Å². The molecule has 0 unspecified atom stereocenters. The van der Waals surface area contributed by atoms with Gasteiger partial charge in [-0.05, 0) is 86.6 Å². The predicted molar refractivity (Wildman–Crippen MR) is 157 cm³/mol. The van der Waals surface area contributed by atoms with Gasteiger partial charge in [0.15, 0.2) is 0 Å². The molecule has 4 N–H and O–H groups in total. The summed E-state index contributed by atoms with van der Waals surface area (Å²) in [6.07, 6.45) is 5.68. The lowest BCUT2D eigenvalue weighted by molar-refractivity contribution is -0.137. The molecule has 0 bridgehead atoms. The number of hydrogen-bond donors (Lipinski definition) is 4. The molecule has 4 rings (SSSR count). The number of rotatable bonds is 13. The highest BCUT2D eigenvalue weighted by atomic mass is 32.1. The Labute approximate surface area is 238 Å². The molecular weight excluding hydrogens is 528 g/mol. The average molecular weight is 567 g/mol. The van der Waals surface area contributed by atoms with Crippen LogP contribution >= 0.6 is 11.3 Å². The van der Waals surface area contributed by atoms with Gasteiger partial charge in [0, 0.05) is 31.1 Å². The van der Waals surface area contributed by atoms with Crippen molar-refractivity contribution in [2.45, 2.75) is 64.8 Å². The SMILES string of the molecule is Cc1cccc(NC(=O)Cn2c(C(=O)NCC3CCC(C(=O)NCCCCCC(=O)O)CC3)cc3sccc32)c1. The molecule has 214 valence electrons. The minimum Gasteiger partial charge on any atom is -0.481 e. The fraction of sp³-hybridized carbons (Fsp3) is 0.467. The molecule has 1 aromatic carbocycles. The first-order chi connectivity index (χ1) is 19.3. The van der Waals surface area contributed by atoms with Crippen LogP contribution in [0.4, 0.5) is 5.69 Å². The molecule has 2 aromatic heterocycles. The quantitative estimate of drug-likeness (QED) is 0.218. The largest absolute Gasteiger partial charge is 0.481 e. The van der Waals surface area contributed by atoms with E-state index in [1.54, 1.807) is 4.57 Å². The second kappa shape index (κ2) is 14.1. The lowest BCUT2D eigenvalue weighted by Crippen LogP contribution is -2.37. The molecule has 9 nitrogen and oxygen atoms in total. The van der Waals surface area contributed by atoms with Crippen LogP contribution in [0.15, 0.2) is 41.8 Å². The van der Waals surface area contributed by atoms with E-state index in [1.807, 2.05) is 48.7 Å². The molecule has 2 heterocycles. The lowest BCUT2D eigenvalue weighted by Gasteiger charge is -2.28. The van der Waals surface area contributed by atoms with Crippen LogP contribution in [-0.2, 0) is 20.9 Å². The van der Waals surface area contributed by atoms with E-state index in [-0.39, 0.29) is 36.6 Å². The van der Waals surface area contributed by atoms with E-state index >= 15 is 0 Å². The summed E-state index contributed by atoms with van der Waals surface area (Å²) in [5, 5.41) is 19.6. The van der Waals surface area contributed by atoms with Gasteiger partial charge in [0.05, 0.1) is 10.2 Å². The topological polar surface area (TPSA) is 130 Å². The summed E-state index contributed by atoms with van der Waals surface area (Å²) in [6.45, 7) is 3.12. The van der Waals surface area contributed by atoms with E-state index in [9.17, 15) is 19.2 Å². The van der Waals surface area contributed by atoms with Crippen molar-refractivity contribution >= 4 is 50.9 Å². The smallest absolute Gasteiger partial charge is 0.303 e. The third kappa shape index (κ3) is 8.17. The Kier molecular flexibility index (Phi) is 10.3. The Morgan fingerprint density at radius 2 is 1.80 bits per heavy atom. The van der Waals surface area contributed by atoms with Crippen LogP contribution in [0.25, 0.3) is 10.2 Å². The monoisotopic (exact) mass is 566 g/mol. The summed E-state index contributed by atoms with van der Waals surface area (Å²) >= 11 is 1.54. The molecule has 3 aromatic rings. The molecule has 1 aliphatic carbocycles. The van der Waals surface area contributed by atoms with Crippen molar-refractivity contribution in [3.05, 3.63) is 53.0 Å². The van der Waals surface area contributed by atoms with Crippen LogP contribution in [-0.4, -0.2) is 46.5 Å². The van der Waals surface area contributed by atoms with E-state index in [4.69, 9.17) is 5.11 Å². The fourth-order valence-corrected chi connectivity index (χ4v) is 6.11. The summed E-state index contributed by atoms with van der Waals surface area (Å²) < 4.78 is 2.73. The maximum atomic E-state index is 13.2. The zero-order chi connectivity index (χ0) is 28.5. The van der Waals surface area contributed by atoms with Crippen molar-refractivity contribution in [3.63, 3.8) is 0 Å². The number of anilines is 1. The van der Waals surface area contributed by atoms with Gasteiger partial charge in [-0.15, -0.1) is 11.3 Å². The minimum absolute atomic E-state index is 0.0121. The van der Waals surface area contributed by atoms with Crippen LogP contribution in [0.5, 0.6) is 0 Å². The van der Waals surface area contributed by atoms with E-state index < -0.39 is 5.97 Å². The number of benzene rings is 1. The van der Waals surface area contributed by atoms with Crippen molar-refractivity contribution in [3.8, 4) is 0 Å². The number of nitrogens with zero attached hydrogens (tertiary/aromatic N) is 1. The summed E-state index contributed by atoms with van der Waals surface area (Å²) in [4.78, 5) is 49.1. The molecule has 1 saturated carbocycles. The number of amides is 3. The number of unbranched alkanes of at least 4 members (excludes halogenated alkanes) is 2. The van der Waals surface area contributed by atoms with Gasteiger partial charge in [-0.3, -0.25) is 19.2 Å². The zero-order valence-electron chi connectivity index (χ0n) is 22.9. The van der Waals surface area contributed by atoms with E-state index in [1.165, 1.54) is 11.3 Å². The molecule has 0 atom stereocenters. The number of fused-ring (bicyclic) bond motifs is 1. The van der Waals surface area contributed by atoms with Gasteiger partial charge in [-0.2, -0.15) is 0 Å². The number of carbonyl (C=O) groups is 4. The Morgan fingerprint density at radius 1 is 1.00 bits per heavy atom. The first kappa shape index (κ1) is 29.3. The zero-order valence-corrected chi connectivity index (χ0v) is 23.7. The Hall–Kier alpha value is -3.66. The molecule has 0 saturated heterocycles. The van der Waals surface area contributed by atoms with Crippen LogP contribution in [0.2, 0.25) is 0 Å². The fourth-order valence-electron chi connectivity index (χ4n) is 5.29. The van der Waals surface area contributed by atoms with Gasteiger partial charge in [-0.25, -0.2) is 0 Å². The normalized spacial score (nSPS) is 16.9. The van der Waals surface area contributed by atoms with Crippen LogP contribution in [0, 0.1) is 18.8 Å². The maximum absolute atomic E-state index is 13.2. The second-order valence-electron chi connectivity index (χ2n) is 10.6. The molecule has 40 heavy (non-hydrogen) atoms. The first-order valence-electron chi connectivity index (χ1n) is 14.0. The molecule has 1 fully saturated rings. The maximum Gasteiger partial charge on any atom is 0.303 e. The van der Waals surface area contributed by atoms with Crippen molar-refractivity contribution < 1.29 is 24.3 Å². The summed E-state index contributed by atoms with van der Waals surface area (Å²) in [5.41, 5.74) is 3.11. The number of nitrogens with one attached hydrogen (secondary N) is 3. The number of carbonyl (C=O) groups excluding carboxylic acids is 3. The van der Waals surface area contributed by atoms with Crippen molar-refractivity contribution in [2.24, 2.45) is 11.8 Å². The number of aromatic nitrogens is 1. The van der Waals surface area contributed by atoms with Crippen LogP contribution in [0.1, 0.15) is 67.4 Å². The van der Waals surface area contributed by atoms with Crippen LogP contribution in [0.3, 0.4) is 0 Å². The highest BCUT2D eigenvalue weighted by Gasteiger charge is 2.27. The summed E-state index contributed by atoms with van der Waals surface area (Å²) in [6, 6.07) is 11.4. The number of carboxylic acids is 1. The van der Waals surface area contributed by atoms with Crippen molar-refractivity contribution in [2.75, 3.05) is 18.4 Å². The predicted octanol–water partition coefficient (Wildman–Crippen LogP) is 4.95. The second-order valence-corrected chi connectivity index (χ2v) is 11.6. The van der Waals surface area contributed by atoms with Gasteiger partial charge in [0.1, 0.15) is 12.2 Å². The molecule has 0 radical (unpaired) electrons. The average Bonchev–Trinajstić information content (AvgIpc) is 3.52. The van der Waals surface area contributed by atoms with Gasteiger partial charge < -0.3 is 25.6 Å². The molecule has 10 heteroatoms. The minimum atomic E-state index is -0.785. The number of thiophene rings is 1. The van der Waals surface area contributed by atoms with Crippen LogP contribution < -0.4 is 16.0 Å². The van der Waals surface area contributed by atoms with E-state index in [0.29, 0.717) is 31.1 Å². The van der Waals surface area contributed by atoms with Gasteiger partial charge in [-0.1, -0.05) is 18.6 Å². The van der Waals surface area contributed by atoms with E-state index in [0.717, 1.165) is 60.0 Å². The molecule has 0 aliphatic heterocycles. The Bertz CT molecular complexity index is 1340. The van der Waals surface area contributed by atoms with Gasteiger partial charge in [0.2, 0.25) is 11.8 Å². The number of aliphatic carboxylic acids is 1. The highest BCUT2D eigenvalue weighted by Crippen LogP contribution is 2.29. The Balaban J connectivity index is 1.24. The third-order valence-electron chi connectivity index (χ3n) is 7.49. The lowest BCUT2D eigenvalue weighted by atomic mass is 9.81. The molecular formula is C30H38N4O5S. The first-order valence-corrected chi connectivity index (χ1v) is 14.9. The summed E-state index contributed by atoms with van der Waals surface area (Å²) in [7, 11) is 0. The van der Waals surface area contributed by atoms with Gasteiger partial charge >= 0.3 is 5.97 Å². The summed E-state index contributed by atoms with van der Waals surface area (Å²) in [5.74, 6) is -0.815.